The van der Waals surface area contributed by atoms with Gasteiger partial charge in [-0.1, -0.05) is 6.07 Å². The average Bonchev–Trinajstić information content (AvgIpc) is 3.31. The molecule has 10 heteroatoms. The maximum absolute atomic E-state index is 12.9. The summed E-state index contributed by atoms with van der Waals surface area (Å²) in [5.74, 6) is 0.974. The smallest absolute Gasteiger partial charge is 0.241 e. The maximum Gasteiger partial charge on any atom is 0.241 e. The molecule has 4 aromatic rings. The highest BCUT2D eigenvalue weighted by atomic mass is 32.2. The number of hydrogen-bond acceptors (Lipinski definition) is 7. The van der Waals surface area contributed by atoms with Crippen LogP contribution in [0.4, 0.5) is 23.1 Å². The topological polar surface area (TPSA) is 114 Å². The van der Waals surface area contributed by atoms with Crippen LogP contribution in [-0.2, 0) is 10.0 Å². The number of sulfonamides is 1. The average molecular weight is 490 g/mol. The lowest BCUT2D eigenvalue weighted by Gasteiger charge is -2.21. The van der Waals surface area contributed by atoms with Gasteiger partial charge in [0.05, 0.1) is 16.8 Å². The van der Waals surface area contributed by atoms with E-state index in [-0.39, 0.29) is 4.90 Å². The molecular weight excluding hydrogens is 462 g/mol. The molecule has 4 rings (SSSR count). The van der Waals surface area contributed by atoms with Gasteiger partial charge in [0.15, 0.2) is 0 Å². The third kappa shape index (κ3) is 5.95. The first-order valence-electron chi connectivity index (χ1n) is 11.0. The van der Waals surface area contributed by atoms with Crippen molar-refractivity contribution in [1.82, 2.24) is 24.2 Å². The van der Waals surface area contributed by atoms with E-state index < -0.39 is 15.6 Å². The van der Waals surface area contributed by atoms with Crippen LogP contribution in [0.3, 0.4) is 0 Å². The molecule has 0 bridgehead atoms. The molecule has 35 heavy (non-hydrogen) atoms. The van der Waals surface area contributed by atoms with E-state index in [0.29, 0.717) is 23.0 Å². The lowest BCUT2D eigenvalue weighted by atomic mass is 10.1. The Labute approximate surface area is 205 Å². The first-order valence-corrected chi connectivity index (χ1v) is 12.4. The molecule has 0 aliphatic carbocycles. The van der Waals surface area contributed by atoms with Gasteiger partial charge in [0.2, 0.25) is 16.0 Å². The number of rotatable bonds is 7. The van der Waals surface area contributed by atoms with Gasteiger partial charge < -0.3 is 10.6 Å². The lowest BCUT2D eigenvalue weighted by Crippen LogP contribution is -2.40. The molecule has 2 heterocycles. The molecule has 180 valence electrons. The van der Waals surface area contributed by atoms with Gasteiger partial charge in [-0.25, -0.2) is 18.1 Å². The van der Waals surface area contributed by atoms with Crippen molar-refractivity contribution in [1.29, 1.82) is 0 Å². The first-order chi connectivity index (χ1) is 16.5. The van der Waals surface area contributed by atoms with Crippen molar-refractivity contribution in [3.8, 4) is 5.69 Å². The largest absolute Gasteiger partial charge is 0.340 e. The van der Waals surface area contributed by atoms with Gasteiger partial charge >= 0.3 is 0 Å². The van der Waals surface area contributed by atoms with E-state index in [2.05, 4.69) is 42.7 Å². The third-order valence-electron chi connectivity index (χ3n) is 4.96. The predicted octanol–water partition coefficient (Wildman–Crippen LogP) is 4.44. The summed E-state index contributed by atoms with van der Waals surface area (Å²) in [6, 6.07) is 12.8. The zero-order chi connectivity index (χ0) is 25.2. The van der Waals surface area contributed by atoms with E-state index in [9.17, 15) is 8.42 Å². The van der Waals surface area contributed by atoms with E-state index in [1.807, 2.05) is 58.0 Å². The van der Waals surface area contributed by atoms with Crippen molar-refractivity contribution < 1.29 is 8.42 Å². The van der Waals surface area contributed by atoms with Gasteiger partial charge in [-0.15, -0.1) is 0 Å². The minimum atomic E-state index is -3.69. The number of hydrogen-bond donors (Lipinski definition) is 3. The summed E-state index contributed by atoms with van der Waals surface area (Å²) in [6.07, 6.45) is 8.85. The normalized spacial score (nSPS) is 11.7. The number of nitrogens with one attached hydrogen (secondary N) is 3. The fraction of sp³-hybridized carbons (Fsp3) is 0.240. The van der Waals surface area contributed by atoms with E-state index >= 15 is 0 Å². The Morgan fingerprint density at radius 1 is 0.943 bits per heavy atom. The Kier molecular flexibility index (Phi) is 6.47. The quantitative estimate of drug-likeness (QED) is 0.352. The second kappa shape index (κ2) is 9.37. The van der Waals surface area contributed by atoms with E-state index in [0.717, 1.165) is 16.9 Å². The summed E-state index contributed by atoms with van der Waals surface area (Å²) in [5, 5.41) is 6.42. The SMILES string of the molecule is Cc1ccc(Nc2nc(Nc3ccc(-n4c#cnc4)cc3)ncc2C)cc1S(=O)(=O)NC(C)(C)C. The molecule has 0 saturated carbocycles. The van der Waals surface area contributed by atoms with Crippen molar-refractivity contribution in [3.63, 3.8) is 0 Å². The van der Waals surface area contributed by atoms with Crippen LogP contribution in [-0.4, -0.2) is 33.5 Å². The fourth-order valence-electron chi connectivity index (χ4n) is 3.35. The standard InChI is InChI=1S/C25H27N7O2S/c1-17-6-7-20(14-22(17)35(33,34)31-25(3,4)5)28-23-18(2)15-27-24(30-23)29-19-8-10-21(11-9-19)32-13-12-26-16-32/h6-11,14-16,31H,1-5H3,(H2,27,28,29,30). The van der Waals surface area contributed by atoms with E-state index in [1.165, 1.54) is 0 Å². The van der Waals surface area contributed by atoms with Gasteiger partial charge in [-0.2, -0.15) is 9.97 Å². The van der Waals surface area contributed by atoms with Crippen LogP contribution >= 0.6 is 0 Å². The molecule has 9 nitrogen and oxygen atoms in total. The first kappa shape index (κ1) is 24.2. The zero-order valence-electron chi connectivity index (χ0n) is 20.2. The Balaban J connectivity index is 1.55. The minimum Gasteiger partial charge on any atom is -0.340 e. The summed E-state index contributed by atoms with van der Waals surface area (Å²) < 4.78 is 30.3. The lowest BCUT2D eigenvalue weighted by molar-refractivity contribution is 0.491. The number of benzene rings is 2. The Morgan fingerprint density at radius 2 is 1.66 bits per heavy atom. The summed E-state index contributed by atoms with van der Waals surface area (Å²) >= 11 is 0. The van der Waals surface area contributed by atoms with Crippen LogP contribution in [0.15, 0.2) is 59.9 Å². The van der Waals surface area contributed by atoms with Crippen LogP contribution in [0, 0.1) is 26.2 Å². The van der Waals surface area contributed by atoms with Crippen LogP contribution in [0.1, 0.15) is 31.9 Å². The summed E-state index contributed by atoms with van der Waals surface area (Å²) in [5.41, 5.74) is 3.20. The van der Waals surface area contributed by atoms with Crippen LogP contribution < -0.4 is 15.4 Å². The monoisotopic (exact) mass is 489 g/mol. The predicted molar refractivity (Wildman–Crippen MR) is 136 cm³/mol. The molecule has 2 aromatic heterocycles. The maximum atomic E-state index is 12.9. The van der Waals surface area contributed by atoms with E-state index in [1.54, 1.807) is 36.1 Å². The molecule has 0 amide bonds. The number of anilines is 4. The van der Waals surface area contributed by atoms with Crippen molar-refractivity contribution in [2.24, 2.45) is 0 Å². The van der Waals surface area contributed by atoms with Gasteiger partial charge in [-0.05, 0) is 76.6 Å². The molecule has 0 unspecified atom stereocenters. The van der Waals surface area contributed by atoms with Crippen molar-refractivity contribution >= 4 is 33.2 Å². The Bertz CT molecular complexity index is 1430. The number of aryl methyl sites for hydroxylation is 2. The molecule has 3 N–H and O–H groups in total. The molecule has 0 aliphatic heterocycles. The van der Waals surface area contributed by atoms with Crippen LogP contribution in [0.25, 0.3) is 5.69 Å². The molecule has 0 spiro atoms. The summed E-state index contributed by atoms with van der Waals surface area (Å²) in [6.45, 7) is 9.08. The summed E-state index contributed by atoms with van der Waals surface area (Å²) in [4.78, 5) is 13.0. The molecule has 0 aliphatic rings. The highest BCUT2D eigenvalue weighted by Gasteiger charge is 2.24. The minimum absolute atomic E-state index is 0.218. The Hall–Kier alpha value is -3.94. The van der Waals surface area contributed by atoms with Gasteiger partial charge in [0.25, 0.3) is 0 Å². The van der Waals surface area contributed by atoms with Crippen LogP contribution in [0.5, 0.6) is 0 Å². The molecule has 0 saturated heterocycles. The van der Waals surface area contributed by atoms with Gasteiger partial charge in [0, 0.05) is 34.9 Å². The molecular formula is C25H27N7O2S. The van der Waals surface area contributed by atoms with E-state index in [4.69, 9.17) is 0 Å². The number of nitrogens with zero attached hydrogens (tertiary/aromatic N) is 4. The molecule has 0 atom stereocenters. The highest BCUT2D eigenvalue weighted by Crippen LogP contribution is 2.26. The van der Waals surface area contributed by atoms with Crippen molar-refractivity contribution in [2.45, 2.75) is 45.1 Å². The molecule has 0 radical (unpaired) electrons. The number of aromatic nitrogens is 4. The van der Waals surface area contributed by atoms with Crippen LogP contribution in [0.2, 0.25) is 0 Å². The zero-order valence-corrected chi connectivity index (χ0v) is 21.0. The summed E-state index contributed by atoms with van der Waals surface area (Å²) in [7, 11) is -3.69. The fourth-order valence-corrected chi connectivity index (χ4v) is 5.05. The molecule has 2 aromatic carbocycles. The second-order valence-corrected chi connectivity index (χ2v) is 10.8. The second-order valence-electron chi connectivity index (χ2n) is 9.20. The van der Waals surface area contributed by atoms with Gasteiger partial charge in [-0.3, -0.25) is 4.57 Å². The highest BCUT2D eigenvalue weighted by molar-refractivity contribution is 7.89. The van der Waals surface area contributed by atoms with Crippen molar-refractivity contribution in [3.05, 3.63) is 78.5 Å². The van der Waals surface area contributed by atoms with Gasteiger partial charge in [0.1, 0.15) is 12.1 Å². The molecule has 0 fully saturated rings. The van der Waals surface area contributed by atoms with Crippen molar-refractivity contribution in [2.75, 3.05) is 10.6 Å². The Morgan fingerprint density at radius 3 is 2.31 bits per heavy atom. The third-order valence-corrected chi connectivity index (χ3v) is 6.86.